The van der Waals surface area contributed by atoms with Crippen molar-refractivity contribution in [2.24, 2.45) is 5.92 Å². The minimum Gasteiger partial charge on any atom is -0.306 e. The van der Waals surface area contributed by atoms with E-state index in [1.54, 1.807) is 0 Å². The van der Waals surface area contributed by atoms with Crippen LogP contribution in [0.2, 0.25) is 5.02 Å². The predicted octanol–water partition coefficient (Wildman–Crippen LogP) is 4.89. The minimum atomic E-state index is 0.469. The highest BCUT2D eigenvalue weighted by atomic mass is 35.5. The average molecular weight is 286 g/mol. The Morgan fingerprint density at radius 1 is 1.15 bits per heavy atom. The number of halogens is 1. The van der Waals surface area contributed by atoms with Crippen LogP contribution in [0.4, 0.5) is 0 Å². The van der Waals surface area contributed by atoms with Crippen LogP contribution >= 0.6 is 11.6 Å². The number of rotatable bonds is 5. The smallest absolute Gasteiger partial charge is 0.0438 e. The lowest BCUT2D eigenvalue weighted by Gasteiger charge is -2.19. The maximum Gasteiger partial charge on any atom is 0.0438 e. The summed E-state index contributed by atoms with van der Waals surface area (Å²) in [5.74, 6) is 0.790. The second kappa shape index (κ2) is 5.99. The molecule has 2 heteroatoms. The lowest BCUT2D eigenvalue weighted by molar-refractivity contribution is 0.480. The van der Waals surface area contributed by atoms with Gasteiger partial charge in [-0.15, -0.1) is 0 Å². The summed E-state index contributed by atoms with van der Waals surface area (Å²) in [7, 11) is 0. The molecule has 1 saturated carbocycles. The lowest BCUT2D eigenvalue weighted by Crippen LogP contribution is -2.22. The molecule has 0 saturated heterocycles. The molecule has 0 aliphatic heterocycles. The molecule has 0 bridgehead atoms. The molecule has 2 aromatic carbocycles. The second-order valence-corrected chi connectivity index (χ2v) is 6.10. The summed E-state index contributed by atoms with van der Waals surface area (Å²) in [6.45, 7) is 2.91. The van der Waals surface area contributed by atoms with Gasteiger partial charge in [0, 0.05) is 17.6 Å². The Hall–Kier alpha value is -1.31. The molecule has 1 unspecified atom stereocenters. The van der Waals surface area contributed by atoms with Crippen LogP contribution in [-0.2, 0) is 6.54 Å². The topological polar surface area (TPSA) is 12.0 Å². The van der Waals surface area contributed by atoms with E-state index >= 15 is 0 Å². The number of benzene rings is 2. The Kier molecular flexibility index (Phi) is 4.09. The molecule has 0 heterocycles. The molecular weight excluding hydrogens is 266 g/mol. The highest BCUT2D eigenvalue weighted by Gasteiger charge is 2.31. The van der Waals surface area contributed by atoms with Crippen molar-refractivity contribution < 1.29 is 0 Å². The molecule has 1 atom stereocenters. The van der Waals surface area contributed by atoms with Crippen LogP contribution in [0.5, 0.6) is 0 Å². The van der Waals surface area contributed by atoms with Gasteiger partial charge in [-0.3, -0.25) is 0 Å². The standard InChI is InChI=1S/C18H20ClN/c1-13-7-8-14(11-17(13)19)12-20-18(16-9-10-16)15-5-3-2-4-6-15/h2-8,11,16,18,20H,9-10,12H2,1H3. The molecular formula is C18H20ClN. The van der Waals surface area contributed by atoms with Gasteiger partial charge in [-0.1, -0.05) is 54.1 Å². The third kappa shape index (κ3) is 3.23. The maximum absolute atomic E-state index is 6.19. The molecule has 20 heavy (non-hydrogen) atoms. The lowest BCUT2D eigenvalue weighted by atomic mass is 10.0. The van der Waals surface area contributed by atoms with E-state index in [4.69, 9.17) is 11.6 Å². The van der Waals surface area contributed by atoms with Crippen LogP contribution in [0, 0.1) is 12.8 Å². The highest BCUT2D eigenvalue weighted by molar-refractivity contribution is 6.31. The van der Waals surface area contributed by atoms with E-state index in [1.807, 2.05) is 6.92 Å². The van der Waals surface area contributed by atoms with Crippen LogP contribution in [0.1, 0.15) is 35.6 Å². The average Bonchev–Trinajstić information content (AvgIpc) is 3.29. The van der Waals surface area contributed by atoms with Gasteiger partial charge in [0.15, 0.2) is 0 Å². The van der Waals surface area contributed by atoms with E-state index in [0.29, 0.717) is 6.04 Å². The van der Waals surface area contributed by atoms with E-state index in [-0.39, 0.29) is 0 Å². The summed E-state index contributed by atoms with van der Waals surface area (Å²) in [6.07, 6.45) is 2.67. The van der Waals surface area contributed by atoms with Crippen molar-refractivity contribution in [3.63, 3.8) is 0 Å². The van der Waals surface area contributed by atoms with Crippen molar-refractivity contribution in [3.8, 4) is 0 Å². The molecule has 3 rings (SSSR count). The molecule has 104 valence electrons. The molecule has 0 amide bonds. The zero-order valence-corrected chi connectivity index (χ0v) is 12.5. The summed E-state index contributed by atoms with van der Waals surface area (Å²) in [4.78, 5) is 0. The van der Waals surface area contributed by atoms with E-state index in [9.17, 15) is 0 Å². The third-order valence-corrected chi connectivity index (χ3v) is 4.42. The molecule has 1 N–H and O–H groups in total. The Bertz CT molecular complexity index is 575. The van der Waals surface area contributed by atoms with Crippen molar-refractivity contribution in [1.82, 2.24) is 5.32 Å². The quantitative estimate of drug-likeness (QED) is 0.825. The first-order chi connectivity index (χ1) is 9.74. The fourth-order valence-electron chi connectivity index (χ4n) is 2.62. The maximum atomic E-state index is 6.19. The van der Waals surface area contributed by atoms with Crippen LogP contribution in [0.25, 0.3) is 0 Å². The second-order valence-electron chi connectivity index (χ2n) is 5.69. The summed E-state index contributed by atoms with van der Waals surface area (Å²) in [5.41, 5.74) is 3.78. The van der Waals surface area contributed by atoms with Gasteiger partial charge in [-0.25, -0.2) is 0 Å². The number of hydrogen-bond acceptors (Lipinski definition) is 1. The largest absolute Gasteiger partial charge is 0.306 e. The van der Waals surface area contributed by atoms with Gasteiger partial charge in [-0.05, 0) is 48.4 Å². The van der Waals surface area contributed by atoms with E-state index in [0.717, 1.165) is 23.0 Å². The molecule has 1 fully saturated rings. The Morgan fingerprint density at radius 2 is 1.90 bits per heavy atom. The van der Waals surface area contributed by atoms with Crippen LogP contribution in [0.3, 0.4) is 0 Å². The van der Waals surface area contributed by atoms with Crippen LogP contribution in [0.15, 0.2) is 48.5 Å². The molecule has 2 aromatic rings. The first-order valence-electron chi connectivity index (χ1n) is 7.27. The monoisotopic (exact) mass is 285 g/mol. The molecule has 1 nitrogen and oxygen atoms in total. The molecule has 0 radical (unpaired) electrons. The fraction of sp³-hybridized carbons (Fsp3) is 0.333. The van der Waals surface area contributed by atoms with Gasteiger partial charge in [-0.2, -0.15) is 0 Å². The van der Waals surface area contributed by atoms with Crippen molar-refractivity contribution >= 4 is 11.6 Å². The van der Waals surface area contributed by atoms with Crippen LogP contribution < -0.4 is 5.32 Å². The van der Waals surface area contributed by atoms with Crippen molar-refractivity contribution in [1.29, 1.82) is 0 Å². The number of aryl methyl sites for hydroxylation is 1. The van der Waals surface area contributed by atoms with Gasteiger partial charge >= 0.3 is 0 Å². The SMILES string of the molecule is Cc1ccc(CNC(c2ccccc2)C2CC2)cc1Cl. The van der Waals surface area contributed by atoms with E-state index in [1.165, 1.54) is 24.0 Å². The van der Waals surface area contributed by atoms with Crippen molar-refractivity contribution in [2.75, 3.05) is 0 Å². The third-order valence-electron chi connectivity index (χ3n) is 4.01. The van der Waals surface area contributed by atoms with Gasteiger partial charge in [0.1, 0.15) is 0 Å². The van der Waals surface area contributed by atoms with Crippen LogP contribution in [-0.4, -0.2) is 0 Å². The number of nitrogens with one attached hydrogen (secondary N) is 1. The molecule has 0 aromatic heterocycles. The van der Waals surface area contributed by atoms with Gasteiger partial charge in [0.05, 0.1) is 0 Å². The fourth-order valence-corrected chi connectivity index (χ4v) is 2.82. The summed E-state index contributed by atoms with van der Waals surface area (Å²) < 4.78 is 0. The minimum absolute atomic E-state index is 0.469. The first kappa shape index (κ1) is 13.7. The first-order valence-corrected chi connectivity index (χ1v) is 7.65. The Labute approximate surface area is 126 Å². The molecule has 1 aliphatic rings. The summed E-state index contributed by atoms with van der Waals surface area (Å²) in [5, 5.41) is 4.56. The van der Waals surface area contributed by atoms with Crippen molar-refractivity contribution in [3.05, 3.63) is 70.2 Å². The highest BCUT2D eigenvalue weighted by Crippen LogP contribution is 2.41. The van der Waals surface area contributed by atoms with E-state index < -0.39 is 0 Å². The molecule has 0 spiro atoms. The zero-order chi connectivity index (χ0) is 13.9. The Morgan fingerprint density at radius 3 is 2.55 bits per heavy atom. The Balaban J connectivity index is 1.70. The zero-order valence-electron chi connectivity index (χ0n) is 11.8. The number of hydrogen-bond donors (Lipinski definition) is 1. The van der Waals surface area contributed by atoms with E-state index in [2.05, 4.69) is 53.8 Å². The van der Waals surface area contributed by atoms with Gasteiger partial charge in [0.25, 0.3) is 0 Å². The summed E-state index contributed by atoms with van der Waals surface area (Å²) in [6, 6.07) is 17.5. The normalized spacial score (nSPS) is 16.1. The van der Waals surface area contributed by atoms with Gasteiger partial charge in [0.2, 0.25) is 0 Å². The van der Waals surface area contributed by atoms with Gasteiger partial charge < -0.3 is 5.32 Å². The van der Waals surface area contributed by atoms with Crippen molar-refractivity contribution in [2.45, 2.75) is 32.4 Å². The summed E-state index contributed by atoms with van der Waals surface area (Å²) >= 11 is 6.19. The predicted molar refractivity (Wildman–Crippen MR) is 84.9 cm³/mol. The molecule has 1 aliphatic carbocycles.